The van der Waals surface area contributed by atoms with Crippen LogP contribution >= 0.6 is 0 Å². The summed E-state index contributed by atoms with van der Waals surface area (Å²) in [6.45, 7) is 1.83. The highest BCUT2D eigenvalue weighted by molar-refractivity contribution is 8.06. The molecule has 0 bridgehead atoms. The van der Waals surface area contributed by atoms with Crippen LogP contribution in [-0.4, -0.2) is 85.5 Å². The molecular formula is CH3B12. The minimum atomic E-state index is -0.615. The van der Waals surface area contributed by atoms with Gasteiger partial charge in [0.1, 0.15) is 0 Å². The van der Waals surface area contributed by atoms with Gasteiger partial charge in [-0.2, -0.15) is 0 Å². The summed E-state index contributed by atoms with van der Waals surface area (Å²) < 4.78 is 0. The van der Waals surface area contributed by atoms with E-state index >= 15 is 0 Å². The molecular weight excluding hydrogens is 142 g/mol. The summed E-state index contributed by atoms with van der Waals surface area (Å²) in [5, 5.41) is 0. The fraction of sp³-hybridized carbons (Fsp3) is 1.00. The topological polar surface area (TPSA) is 0 Å². The van der Waals surface area contributed by atoms with Gasteiger partial charge in [-0.1, -0.05) is 0 Å². The second-order valence-corrected chi connectivity index (χ2v) is 3.22. The van der Waals surface area contributed by atoms with Crippen LogP contribution in [0, 0.1) is 0 Å². The fourth-order valence-electron chi connectivity index (χ4n) is 1.47. The SMILES string of the molecule is [B]B([B])B([B]C)B(B([B])[B])B([B])[B]. The normalized spacial score (nSPS) is 8.69. The van der Waals surface area contributed by atoms with Crippen LogP contribution in [0.25, 0.3) is 0 Å². The van der Waals surface area contributed by atoms with Gasteiger partial charge in [0, 0.05) is 78.3 Å². The van der Waals surface area contributed by atoms with E-state index in [9.17, 15) is 0 Å². The monoisotopic (exact) mass is 147 g/mol. The molecule has 0 aliphatic carbocycles. The Morgan fingerprint density at radius 3 is 1.23 bits per heavy atom. The molecule has 43 valence electrons. The smallest absolute Gasteiger partial charge is 0.0502 e. The van der Waals surface area contributed by atoms with E-state index < -0.39 is 19.2 Å². The van der Waals surface area contributed by atoms with Gasteiger partial charge in [-0.15, -0.1) is 6.82 Å². The Morgan fingerprint density at radius 1 is 0.769 bits per heavy atom. The summed E-state index contributed by atoms with van der Waals surface area (Å²) in [4.78, 5) is 0. The van der Waals surface area contributed by atoms with Crippen LogP contribution in [0.5, 0.6) is 0 Å². The quantitative estimate of drug-likeness (QED) is 0.346. The predicted molar refractivity (Wildman–Crippen MR) is 74.9 cm³/mol. The van der Waals surface area contributed by atoms with E-state index in [1.54, 1.807) is 0 Å². The third-order valence-corrected chi connectivity index (χ3v) is 2.16. The van der Waals surface area contributed by atoms with Gasteiger partial charge in [-0.3, -0.25) is 0 Å². The molecule has 0 spiro atoms. The summed E-state index contributed by atoms with van der Waals surface area (Å²) in [6, 6.07) is 0. The lowest BCUT2D eigenvalue weighted by Gasteiger charge is -2.30. The second kappa shape index (κ2) is 6.30. The maximum Gasteiger partial charge on any atom is 0.0502 e. The van der Waals surface area contributed by atoms with Crippen molar-refractivity contribution in [3.63, 3.8) is 0 Å². The summed E-state index contributed by atoms with van der Waals surface area (Å²) >= 11 is 0. The highest BCUT2D eigenvalue weighted by Crippen LogP contribution is 1.95. The molecule has 0 aliphatic heterocycles. The molecule has 0 saturated carbocycles. The van der Waals surface area contributed by atoms with Crippen LogP contribution in [0.1, 0.15) is 0 Å². The van der Waals surface area contributed by atoms with Gasteiger partial charge < -0.3 is 0 Å². The Morgan fingerprint density at radius 2 is 1.15 bits per heavy atom. The maximum atomic E-state index is 5.55. The molecule has 12 heteroatoms. The minimum absolute atomic E-state index is 0.167. The van der Waals surface area contributed by atoms with E-state index in [1.807, 2.05) is 14.0 Å². The Hall–Kier alpha value is 0.779. The molecule has 0 amide bonds. The third kappa shape index (κ3) is 4.21. The first-order valence-corrected chi connectivity index (χ1v) is 4.24. The first kappa shape index (κ1) is 13.8. The molecule has 13 radical (unpaired) electrons. The van der Waals surface area contributed by atoms with Crippen molar-refractivity contribution in [2.75, 3.05) is 0 Å². The highest BCUT2D eigenvalue weighted by Gasteiger charge is 2.32. The van der Waals surface area contributed by atoms with Crippen molar-refractivity contribution in [2.45, 2.75) is 6.82 Å². The number of rotatable bonds is 5. The van der Waals surface area contributed by atoms with E-state index in [4.69, 9.17) is 46.4 Å². The van der Waals surface area contributed by atoms with Crippen LogP contribution in [-0.2, 0) is 0 Å². The average molecular weight is 145 g/mol. The lowest BCUT2D eigenvalue weighted by molar-refractivity contribution is 2.36. The Balaban J connectivity index is 4.49. The van der Waals surface area contributed by atoms with Crippen LogP contribution in [0.15, 0.2) is 0 Å². The van der Waals surface area contributed by atoms with E-state index in [2.05, 4.69) is 0 Å². The lowest BCUT2D eigenvalue weighted by Crippen LogP contribution is -2.68. The summed E-state index contributed by atoms with van der Waals surface area (Å²) in [5.74, 6) is 0. The van der Waals surface area contributed by atoms with Gasteiger partial charge in [0.2, 0.25) is 0 Å². The van der Waals surface area contributed by atoms with Crippen molar-refractivity contribution < 1.29 is 0 Å². The van der Waals surface area contributed by atoms with Crippen molar-refractivity contribution in [3.05, 3.63) is 0 Å². The number of hydrogen-bond donors (Lipinski definition) is 0. The lowest BCUT2D eigenvalue weighted by atomic mass is 8.51. The van der Waals surface area contributed by atoms with Gasteiger partial charge in [0.15, 0.2) is 0 Å². The molecule has 0 saturated heterocycles. The summed E-state index contributed by atoms with van der Waals surface area (Å²) in [7, 11) is 35.1. The van der Waals surface area contributed by atoms with E-state index in [-0.39, 0.29) is 12.8 Å². The van der Waals surface area contributed by atoms with Crippen molar-refractivity contribution in [1.82, 2.24) is 0 Å². The molecule has 0 heterocycles. The molecule has 0 atom stereocenters. The molecule has 0 unspecified atom stereocenters. The largest absolute Gasteiger partial charge is 0.101 e. The molecule has 0 aliphatic rings. The van der Waals surface area contributed by atoms with Crippen molar-refractivity contribution in [1.29, 1.82) is 0 Å². The molecule has 0 aromatic carbocycles. The van der Waals surface area contributed by atoms with Crippen molar-refractivity contribution in [3.8, 4) is 0 Å². The second-order valence-electron chi connectivity index (χ2n) is 3.22. The fourth-order valence-corrected chi connectivity index (χ4v) is 1.47. The average Bonchev–Trinajstić information content (AvgIpc) is 1.97. The van der Waals surface area contributed by atoms with Gasteiger partial charge in [-0.25, -0.2) is 0 Å². The third-order valence-electron chi connectivity index (χ3n) is 2.16. The highest BCUT2D eigenvalue weighted by atomic mass is 13.2. The first-order chi connectivity index (χ1) is 5.91. The maximum absolute atomic E-state index is 5.55. The molecule has 13 heavy (non-hydrogen) atoms. The molecule has 0 fully saturated rings. The zero-order valence-electron chi connectivity index (χ0n) is 7.93. The van der Waals surface area contributed by atoms with Crippen LogP contribution in [0.3, 0.4) is 0 Å². The minimum Gasteiger partial charge on any atom is -0.101 e. The molecule has 0 N–H and O–H groups in total. The summed E-state index contributed by atoms with van der Waals surface area (Å²) in [6.07, 6.45) is -2.24. The van der Waals surface area contributed by atoms with Gasteiger partial charge in [0.05, 0.1) is 7.17 Å². The van der Waals surface area contributed by atoms with Crippen LogP contribution in [0.4, 0.5) is 0 Å². The zero-order chi connectivity index (χ0) is 10.6. The van der Waals surface area contributed by atoms with Crippen LogP contribution < -0.4 is 0 Å². The zero-order valence-corrected chi connectivity index (χ0v) is 7.93. The summed E-state index contributed by atoms with van der Waals surface area (Å²) in [5.41, 5.74) is 0. The molecule has 0 aromatic rings. The molecule has 0 aromatic heterocycles. The van der Waals surface area contributed by atoms with Gasteiger partial charge in [-0.05, 0) is 0 Å². The Bertz CT molecular complexity index is 119. The standard InChI is InChI=1S/CH3B12/c1-8-12(9(2)3)13(10(4)5)11(6)7/h1H3. The molecule has 0 nitrogen and oxygen atoms in total. The first-order valence-electron chi connectivity index (χ1n) is 4.24. The number of hydrogen-bond acceptors (Lipinski definition) is 0. The van der Waals surface area contributed by atoms with E-state index in [0.29, 0.717) is 0 Å². The van der Waals surface area contributed by atoms with E-state index in [0.717, 1.165) is 0 Å². The Labute approximate surface area is 92.6 Å². The van der Waals surface area contributed by atoms with Crippen molar-refractivity contribution in [2.24, 2.45) is 0 Å². The Kier molecular flexibility index (Phi) is 6.68. The predicted octanol–water partition coefficient (Wildman–Crippen LogP) is -3.99. The molecule has 0 rings (SSSR count). The van der Waals surface area contributed by atoms with Crippen molar-refractivity contribution >= 4 is 85.5 Å². The van der Waals surface area contributed by atoms with Crippen LogP contribution in [0.2, 0.25) is 6.82 Å². The van der Waals surface area contributed by atoms with Gasteiger partial charge >= 0.3 is 0 Å². The van der Waals surface area contributed by atoms with E-state index in [1.165, 1.54) is 0 Å². The van der Waals surface area contributed by atoms with Gasteiger partial charge in [0.25, 0.3) is 0 Å².